The number of pyridine rings is 1. The van der Waals surface area contributed by atoms with Crippen LogP contribution in [0.5, 0.6) is 0 Å². The van der Waals surface area contributed by atoms with Gasteiger partial charge in [-0.2, -0.15) is 0 Å². The largest absolute Gasteiger partial charge is 0.384 e. The van der Waals surface area contributed by atoms with E-state index in [0.717, 1.165) is 5.69 Å². The SMILES string of the molecule is Cc1cc(C(=O)NC(C)C2CCCC2)cc(N)n1. The number of aromatic nitrogens is 1. The lowest BCUT2D eigenvalue weighted by atomic mass is 9.99. The van der Waals surface area contributed by atoms with Crippen LogP contribution < -0.4 is 11.1 Å². The van der Waals surface area contributed by atoms with Crippen LogP contribution in [0.2, 0.25) is 0 Å². The van der Waals surface area contributed by atoms with Crippen molar-refractivity contribution in [3.63, 3.8) is 0 Å². The van der Waals surface area contributed by atoms with Gasteiger partial charge in [0.05, 0.1) is 0 Å². The number of nitrogens with one attached hydrogen (secondary N) is 1. The number of rotatable bonds is 3. The Morgan fingerprint density at radius 1 is 1.44 bits per heavy atom. The zero-order valence-electron chi connectivity index (χ0n) is 11.1. The molecule has 0 aromatic carbocycles. The maximum Gasteiger partial charge on any atom is 0.251 e. The fraction of sp³-hybridized carbons (Fsp3) is 0.571. The molecule has 1 aromatic rings. The van der Waals surface area contributed by atoms with Gasteiger partial charge >= 0.3 is 0 Å². The number of carbonyl (C=O) groups excluding carboxylic acids is 1. The summed E-state index contributed by atoms with van der Waals surface area (Å²) in [5, 5.41) is 3.07. The summed E-state index contributed by atoms with van der Waals surface area (Å²) in [6.45, 7) is 3.93. The Kier molecular flexibility index (Phi) is 3.84. The Hall–Kier alpha value is -1.58. The molecule has 4 heteroatoms. The van der Waals surface area contributed by atoms with Crippen molar-refractivity contribution in [2.75, 3.05) is 5.73 Å². The number of aryl methyl sites for hydroxylation is 1. The summed E-state index contributed by atoms with van der Waals surface area (Å²) < 4.78 is 0. The van der Waals surface area contributed by atoms with Gasteiger partial charge in [-0.25, -0.2) is 4.98 Å². The van der Waals surface area contributed by atoms with Gasteiger partial charge in [0.25, 0.3) is 5.91 Å². The number of nitrogen functional groups attached to an aromatic ring is 1. The highest BCUT2D eigenvalue weighted by Crippen LogP contribution is 2.27. The summed E-state index contributed by atoms with van der Waals surface area (Å²) in [6, 6.07) is 3.63. The van der Waals surface area contributed by atoms with Gasteiger partial charge in [-0.3, -0.25) is 4.79 Å². The Morgan fingerprint density at radius 2 is 2.11 bits per heavy atom. The van der Waals surface area contributed by atoms with E-state index in [9.17, 15) is 4.79 Å². The number of carbonyl (C=O) groups is 1. The van der Waals surface area contributed by atoms with Crippen LogP contribution in [0.3, 0.4) is 0 Å². The van der Waals surface area contributed by atoms with E-state index in [0.29, 0.717) is 17.3 Å². The monoisotopic (exact) mass is 247 g/mol. The maximum atomic E-state index is 12.1. The fourth-order valence-electron chi connectivity index (χ4n) is 2.69. The maximum absolute atomic E-state index is 12.1. The second-order valence-electron chi connectivity index (χ2n) is 5.23. The van der Waals surface area contributed by atoms with Gasteiger partial charge in [0, 0.05) is 17.3 Å². The number of nitrogens with two attached hydrogens (primary N) is 1. The molecule has 2 rings (SSSR count). The molecule has 0 bridgehead atoms. The van der Waals surface area contributed by atoms with Crippen molar-refractivity contribution >= 4 is 11.7 Å². The van der Waals surface area contributed by atoms with E-state index in [1.165, 1.54) is 25.7 Å². The van der Waals surface area contributed by atoms with Crippen molar-refractivity contribution in [1.82, 2.24) is 10.3 Å². The van der Waals surface area contributed by atoms with Gasteiger partial charge < -0.3 is 11.1 Å². The predicted molar refractivity (Wildman–Crippen MR) is 72.3 cm³/mol. The minimum absolute atomic E-state index is 0.0494. The number of anilines is 1. The second kappa shape index (κ2) is 5.38. The Bertz CT molecular complexity index is 418. The average molecular weight is 247 g/mol. The van der Waals surface area contributed by atoms with Gasteiger partial charge in [-0.1, -0.05) is 12.8 Å². The standard InChI is InChI=1S/C14H21N3O/c1-9-7-12(8-13(15)16-9)14(18)17-10(2)11-5-3-4-6-11/h7-8,10-11H,3-6H2,1-2H3,(H2,15,16)(H,17,18). The van der Waals surface area contributed by atoms with Gasteiger partial charge in [0.2, 0.25) is 0 Å². The number of nitrogens with zero attached hydrogens (tertiary/aromatic N) is 1. The Morgan fingerprint density at radius 3 is 2.72 bits per heavy atom. The van der Waals surface area contributed by atoms with Crippen LogP contribution in [0.4, 0.5) is 5.82 Å². The van der Waals surface area contributed by atoms with Crippen molar-refractivity contribution in [1.29, 1.82) is 0 Å². The van der Waals surface area contributed by atoms with Crippen molar-refractivity contribution in [2.45, 2.75) is 45.6 Å². The van der Waals surface area contributed by atoms with E-state index in [-0.39, 0.29) is 11.9 Å². The normalized spacial score (nSPS) is 17.7. The zero-order chi connectivity index (χ0) is 13.1. The molecule has 0 aliphatic heterocycles. The summed E-state index contributed by atoms with van der Waals surface area (Å²) in [5.41, 5.74) is 7.03. The molecule has 1 saturated carbocycles. The molecular formula is C14H21N3O. The fourth-order valence-corrected chi connectivity index (χ4v) is 2.69. The molecule has 0 radical (unpaired) electrons. The summed E-state index contributed by atoms with van der Waals surface area (Å²) in [7, 11) is 0. The van der Waals surface area contributed by atoms with Crippen LogP contribution in [0, 0.1) is 12.8 Å². The molecule has 0 saturated heterocycles. The third-order valence-electron chi connectivity index (χ3n) is 3.70. The molecule has 1 unspecified atom stereocenters. The number of amides is 1. The zero-order valence-corrected chi connectivity index (χ0v) is 11.1. The first-order valence-corrected chi connectivity index (χ1v) is 6.61. The molecule has 1 aliphatic carbocycles. The van der Waals surface area contributed by atoms with Crippen molar-refractivity contribution < 1.29 is 4.79 Å². The molecule has 1 aliphatic rings. The first-order chi connectivity index (χ1) is 8.56. The van der Waals surface area contributed by atoms with Gasteiger partial charge in [0.15, 0.2) is 0 Å². The highest BCUT2D eigenvalue weighted by molar-refractivity contribution is 5.95. The molecule has 18 heavy (non-hydrogen) atoms. The molecule has 1 heterocycles. The molecule has 0 spiro atoms. The van der Waals surface area contributed by atoms with Crippen LogP contribution in [0.15, 0.2) is 12.1 Å². The lowest BCUT2D eigenvalue weighted by Gasteiger charge is -2.20. The molecule has 1 amide bonds. The van der Waals surface area contributed by atoms with Crippen LogP contribution in [-0.4, -0.2) is 16.9 Å². The molecule has 4 nitrogen and oxygen atoms in total. The van der Waals surface area contributed by atoms with Crippen molar-refractivity contribution in [2.24, 2.45) is 5.92 Å². The van der Waals surface area contributed by atoms with E-state index >= 15 is 0 Å². The third kappa shape index (κ3) is 3.00. The molecule has 3 N–H and O–H groups in total. The van der Waals surface area contributed by atoms with Crippen LogP contribution in [-0.2, 0) is 0 Å². The molecule has 1 fully saturated rings. The lowest BCUT2D eigenvalue weighted by Crippen LogP contribution is -2.37. The average Bonchev–Trinajstić information content (AvgIpc) is 2.80. The van der Waals surface area contributed by atoms with Crippen LogP contribution in [0.25, 0.3) is 0 Å². The second-order valence-corrected chi connectivity index (χ2v) is 5.23. The molecule has 98 valence electrons. The van der Waals surface area contributed by atoms with Gasteiger partial charge in [0.1, 0.15) is 5.82 Å². The molecule has 1 aromatic heterocycles. The summed E-state index contributed by atoms with van der Waals surface area (Å²) in [5.74, 6) is 0.967. The smallest absolute Gasteiger partial charge is 0.251 e. The van der Waals surface area contributed by atoms with Crippen molar-refractivity contribution in [3.05, 3.63) is 23.4 Å². The Labute approximate surface area is 108 Å². The minimum atomic E-state index is -0.0494. The van der Waals surface area contributed by atoms with Crippen LogP contribution in [0.1, 0.15) is 48.7 Å². The molecule has 1 atom stereocenters. The van der Waals surface area contributed by atoms with E-state index in [4.69, 9.17) is 5.73 Å². The van der Waals surface area contributed by atoms with E-state index in [1.54, 1.807) is 12.1 Å². The van der Waals surface area contributed by atoms with Gasteiger partial charge in [-0.05, 0) is 44.7 Å². The lowest BCUT2D eigenvalue weighted by molar-refractivity contribution is 0.0927. The first-order valence-electron chi connectivity index (χ1n) is 6.61. The van der Waals surface area contributed by atoms with Crippen LogP contribution >= 0.6 is 0 Å². The molecular weight excluding hydrogens is 226 g/mol. The summed E-state index contributed by atoms with van der Waals surface area (Å²) in [4.78, 5) is 16.2. The van der Waals surface area contributed by atoms with Crippen molar-refractivity contribution in [3.8, 4) is 0 Å². The number of hydrogen-bond donors (Lipinski definition) is 2. The third-order valence-corrected chi connectivity index (χ3v) is 3.70. The van der Waals surface area contributed by atoms with E-state index < -0.39 is 0 Å². The first kappa shape index (κ1) is 12.9. The van der Waals surface area contributed by atoms with E-state index in [2.05, 4.69) is 17.2 Å². The number of hydrogen-bond acceptors (Lipinski definition) is 3. The predicted octanol–water partition coefficient (Wildman–Crippen LogP) is 2.28. The highest BCUT2D eigenvalue weighted by Gasteiger charge is 2.23. The Balaban J connectivity index is 2.02. The van der Waals surface area contributed by atoms with E-state index in [1.807, 2.05) is 6.92 Å². The van der Waals surface area contributed by atoms with Gasteiger partial charge in [-0.15, -0.1) is 0 Å². The minimum Gasteiger partial charge on any atom is -0.384 e. The summed E-state index contributed by atoms with van der Waals surface area (Å²) >= 11 is 0. The summed E-state index contributed by atoms with van der Waals surface area (Å²) in [6.07, 6.45) is 5.01. The highest BCUT2D eigenvalue weighted by atomic mass is 16.1. The topological polar surface area (TPSA) is 68.0 Å². The quantitative estimate of drug-likeness (QED) is 0.861.